The van der Waals surface area contributed by atoms with E-state index in [9.17, 15) is 9.90 Å². The first-order valence-corrected chi connectivity index (χ1v) is 14.3. The molecule has 0 saturated carbocycles. The number of anilines is 2. The lowest BCUT2D eigenvalue weighted by atomic mass is 10.0. The number of aromatic hydroxyl groups is 2. The maximum Gasteiger partial charge on any atom is 0.134 e. The number of carbonyl (C=O) groups is 1. The van der Waals surface area contributed by atoms with E-state index in [2.05, 4.69) is 79.0 Å². The van der Waals surface area contributed by atoms with Crippen molar-refractivity contribution in [3.63, 3.8) is 0 Å². The average Bonchev–Trinajstić information content (AvgIpc) is 3.00. The van der Waals surface area contributed by atoms with Crippen LogP contribution in [0.4, 0.5) is 11.4 Å². The molecule has 6 rings (SSSR count). The molecule has 1 atom stereocenters. The first-order valence-electron chi connectivity index (χ1n) is 14.3. The highest BCUT2D eigenvalue weighted by Crippen LogP contribution is 2.19. The van der Waals surface area contributed by atoms with E-state index in [1.165, 1.54) is 27.1 Å². The Balaban J connectivity index is 0.000000165. The Morgan fingerprint density at radius 3 is 1.63 bits per heavy atom. The average molecular weight is 571 g/mol. The number of rotatable bonds is 6. The summed E-state index contributed by atoms with van der Waals surface area (Å²) in [6.07, 6.45) is 1.50. The quantitative estimate of drug-likeness (QED) is 0.119. The van der Waals surface area contributed by atoms with Crippen LogP contribution >= 0.6 is 0 Å². The minimum Gasteiger partial charge on any atom is -0.508 e. The Kier molecular flexibility index (Phi) is 10.8. The molecule has 5 heteroatoms. The number of carbonyl (C=O) groups excluding carboxylic acids is 1. The van der Waals surface area contributed by atoms with Gasteiger partial charge in [-0.2, -0.15) is 0 Å². The Hall–Kier alpha value is -5.29. The van der Waals surface area contributed by atoms with Gasteiger partial charge in [-0.05, 0) is 101 Å². The Bertz CT molecular complexity index is 1740. The van der Waals surface area contributed by atoms with Gasteiger partial charge in [-0.15, -0.1) is 0 Å². The van der Waals surface area contributed by atoms with Crippen molar-refractivity contribution < 1.29 is 15.0 Å². The van der Waals surface area contributed by atoms with Crippen LogP contribution in [0, 0.1) is 0 Å². The van der Waals surface area contributed by atoms with Crippen LogP contribution < -0.4 is 11.1 Å². The van der Waals surface area contributed by atoms with Gasteiger partial charge < -0.3 is 21.3 Å². The fourth-order valence-corrected chi connectivity index (χ4v) is 4.72. The van der Waals surface area contributed by atoms with Gasteiger partial charge in [0.2, 0.25) is 0 Å². The predicted molar refractivity (Wildman–Crippen MR) is 180 cm³/mol. The summed E-state index contributed by atoms with van der Waals surface area (Å²) < 4.78 is 0. The second-order valence-electron chi connectivity index (χ2n) is 10.6. The smallest absolute Gasteiger partial charge is 0.134 e. The molecule has 0 aliphatic rings. The van der Waals surface area contributed by atoms with Crippen molar-refractivity contribution in [1.82, 2.24) is 0 Å². The van der Waals surface area contributed by atoms with Crippen molar-refractivity contribution in [3.8, 4) is 11.5 Å². The molecular formula is C38H38N2O3. The molecule has 5 nitrogen and oxygen atoms in total. The molecule has 1 unspecified atom stereocenters. The van der Waals surface area contributed by atoms with Gasteiger partial charge in [-0.1, -0.05) is 84.9 Å². The third kappa shape index (κ3) is 9.94. The summed E-state index contributed by atoms with van der Waals surface area (Å²) >= 11 is 0. The number of hydrogen-bond acceptors (Lipinski definition) is 5. The minimum absolute atomic E-state index is 0.209. The van der Waals surface area contributed by atoms with Crippen molar-refractivity contribution in [1.29, 1.82) is 0 Å². The standard InChI is InChI=1S/C19H19NO.C13H12O.C6H7NO/c1-14(20-18-8-10-19(21)11-9-18)12-15-6-7-16-4-2-3-5-17(16)13-15;1-10(14)8-11-6-7-12-4-2-3-5-13(12)9-11;7-5-1-3-6(8)4-2-5/h2-11,13-14,20-21H,12H2,1H3;2-7,9H,8H2,1H3;1-4,8H,7H2. The van der Waals surface area contributed by atoms with E-state index in [4.69, 9.17) is 10.8 Å². The van der Waals surface area contributed by atoms with Crippen molar-refractivity contribution in [2.75, 3.05) is 11.1 Å². The van der Waals surface area contributed by atoms with Gasteiger partial charge in [-0.3, -0.25) is 4.79 Å². The van der Waals surface area contributed by atoms with E-state index in [1.54, 1.807) is 43.3 Å². The number of Topliss-reactive ketones (excluding diaryl/α,β-unsaturated/α-hetero) is 1. The molecule has 43 heavy (non-hydrogen) atoms. The lowest BCUT2D eigenvalue weighted by Crippen LogP contribution is -2.17. The van der Waals surface area contributed by atoms with Crippen molar-refractivity contribution in [2.45, 2.75) is 32.7 Å². The molecule has 0 bridgehead atoms. The van der Waals surface area contributed by atoms with Crippen LogP contribution in [0.5, 0.6) is 11.5 Å². The number of benzene rings is 6. The van der Waals surface area contributed by atoms with E-state index in [0.29, 0.717) is 23.9 Å². The van der Waals surface area contributed by atoms with Gasteiger partial charge in [0.1, 0.15) is 17.3 Å². The molecular weight excluding hydrogens is 532 g/mol. The van der Waals surface area contributed by atoms with E-state index >= 15 is 0 Å². The molecule has 5 N–H and O–H groups in total. The molecule has 0 amide bonds. The summed E-state index contributed by atoms with van der Waals surface area (Å²) in [6, 6.07) is 43.3. The highest BCUT2D eigenvalue weighted by molar-refractivity contribution is 5.85. The zero-order valence-corrected chi connectivity index (χ0v) is 24.6. The minimum atomic E-state index is 0.209. The molecule has 0 aromatic heterocycles. The Morgan fingerprint density at radius 2 is 1.12 bits per heavy atom. The zero-order valence-electron chi connectivity index (χ0n) is 24.6. The van der Waals surface area contributed by atoms with Crippen molar-refractivity contribution >= 4 is 38.7 Å². The van der Waals surface area contributed by atoms with E-state index in [-0.39, 0.29) is 11.5 Å². The molecule has 0 aliphatic heterocycles. The van der Waals surface area contributed by atoms with Gasteiger partial charge in [-0.25, -0.2) is 0 Å². The van der Waals surface area contributed by atoms with Gasteiger partial charge in [0, 0.05) is 23.8 Å². The molecule has 0 fully saturated rings. The molecule has 218 valence electrons. The molecule has 0 aliphatic carbocycles. The van der Waals surface area contributed by atoms with E-state index < -0.39 is 0 Å². The number of nitrogens with one attached hydrogen (secondary N) is 1. The maximum atomic E-state index is 10.9. The van der Waals surface area contributed by atoms with Crippen LogP contribution in [-0.4, -0.2) is 22.0 Å². The highest BCUT2D eigenvalue weighted by Gasteiger charge is 2.05. The number of nitrogens with two attached hydrogens (primary N) is 1. The van der Waals surface area contributed by atoms with Crippen LogP contribution in [0.15, 0.2) is 133 Å². The number of phenols is 2. The summed E-state index contributed by atoms with van der Waals surface area (Å²) in [5.74, 6) is 0.752. The summed E-state index contributed by atoms with van der Waals surface area (Å²) in [5, 5.41) is 26.4. The van der Waals surface area contributed by atoms with E-state index in [0.717, 1.165) is 17.7 Å². The number of hydrogen-bond donors (Lipinski definition) is 4. The van der Waals surface area contributed by atoms with Crippen LogP contribution in [-0.2, 0) is 17.6 Å². The molecule has 0 radical (unpaired) electrons. The van der Waals surface area contributed by atoms with Crippen LogP contribution in [0.1, 0.15) is 25.0 Å². The van der Waals surface area contributed by atoms with Gasteiger partial charge in [0.25, 0.3) is 0 Å². The third-order valence-corrected chi connectivity index (χ3v) is 6.80. The molecule has 6 aromatic rings. The second-order valence-corrected chi connectivity index (χ2v) is 10.6. The maximum absolute atomic E-state index is 10.9. The number of nitrogen functional groups attached to an aromatic ring is 1. The fraction of sp³-hybridized carbons (Fsp3) is 0.132. The molecule has 0 spiro atoms. The summed E-state index contributed by atoms with van der Waals surface area (Å²) in [5.41, 5.74) is 9.43. The topological polar surface area (TPSA) is 95.6 Å². The normalized spacial score (nSPS) is 11.0. The monoisotopic (exact) mass is 570 g/mol. The molecule has 0 saturated heterocycles. The van der Waals surface area contributed by atoms with E-state index in [1.807, 2.05) is 30.3 Å². The van der Waals surface area contributed by atoms with Crippen LogP contribution in [0.3, 0.4) is 0 Å². The van der Waals surface area contributed by atoms with Crippen LogP contribution in [0.25, 0.3) is 21.5 Å². The number of ketones is 1. The Morgan fingerprint density at radius 1 is 0.651 bits per heavy atom. The van der Waals surface area contributed by atoms with Gasteiger partial charge in [0.05, 0.1) is 0 Å². The fourth-order valence-electron chi connectivity index (χ4n) is 4.72. The first-order chi connectivity index (χ1) is 20.7. The predicted octanol–water partition coefficient (Wildman–Crippen LogP) is 8.53. The third-order valence-electron chi connectivity index (χ3n) is 6.80. The first kappa shape index (κ1) is 30.7. The Labute approximate surface area is 253 Å². The van der Waals surface area contributed by atoms with Crippen LogP contribution in [0.2, 0.25) is 0 Å². The zero-order chi connectivity index (χ0) is 30.6. The van der Waals surface area contributed by atoms with Crippen molar-refractivity contribution in [3.05, 3.63) is 145 Å². The summed E-state index contributed by atoms with van der Waals surface area (Å²) in [6.45, 7) is 3.79. The summed E-state index contributed by atoms with van der Waals surface area (Å²) in [4.78, 5) is 10.9. The lowest BCUT2D eigenvalue weighted by molar-refractivity contribution is -0.116. The lowest BCUT2D eigenvalue weighted by Gasteiger charge is -2.15. The van der Waals surface area contributed by atoms with Gasteiger partial charge in [0.15, 0.2) is 0 Å². The second kappa shape index (κ2) is 15.1. The summed E-state index contributed by atoms with van der Waals surface area (Å²) in [7, 11) is 0. The van der Waals surface area contributed by atoms with Crippen molar-refractivity contribution in [2.24, 2.45) is 0 Å². The SMILES string of the molecule is CC(=O)Cc1ccc2ccccc2c1.CC(Cc1ccc2ccccc2c1)Nc1ccc(O)cc1.Nc1ccc(O)cc1. The van der Waals surface area contributed by atoms with Gasteiger partial charge >= 0.3 is 0 Å². The number of fused-ring (bicyclic) bond motifs is 2. The largest absolute Gasteiger partial charge is 0.508 e. The molecule has 0 heterocycles. The molecule has 6 aromatic carbocycles. The number of phenolic OH excluding ortho intramolecular Hbond substituents is 2. The highest BCUT2D eigenvalue weighted by atomic mass is 16.3.